The lowest BCUT2D eigenvalue weighted by Crippen LogP contribution is -2.45. The van der Waals surface area contributed by atoms with Crippen molar-refractivity contribution in [3.05, 3.63) is 52.9 Å². The maximum absolute atomic E-state index is 6.12. The topological polar surface area (TPSA) is 38.2 Å². The Labute approximate surface area is 141 Å². The van der Waals surface area contributed by atoms with Gasteiger partial charge >= 0.3 is 0 Å². The van der Waals surface area contributed by atoms with Crippen LogP contribution >= 0.6 is 11.6 Å². The summed E-state index contributed by atoms with van der Waals surface area (Å²) in [6.45, 7) is 3.63. The number of rotatable bonds is 3. The number of benzene rings is 1. The highest BCUT2D eigenvalue weighted by Gasteiger charge is 2.30. The Hall–Kier alpha value is -1.65. The van der Waals surface area contributed by atoms with E-state index >= 15 is 0 Å². The molecule has 0 amide bonds. The van der Waals surface area contributed by atoms with E-state index in [1.165, 1.54) is 12.8 Å². The summed E-state index contributed by atoms with van der Waals surface area (Å²) in [5.41, 5.74) is 1.12. The minimum atomic E-state index is 0.0178. The summed E-state index contributed by atoms with van der Waals surface area (Å²) < 4.78 is 6.03. The van der Waals surface area contributed by atoms with Crippen molar-refractivity contribution < 1.29 is 4.74 Å². The van der Waals surface area contributed by atoms with Gasteiger partial charge in [0.15, 0.2) is 0 Å². The molecule has 1 aromatic heterocycles. The van der Waals surface area contributed by atoms with Gasteiger partial charge in [0, 0.05) is 17.1 Å². The van der Waals surface area contributed by atoms with Gasteiger partial charge in [-0.05, 0) is 43.5 Å². The highest BCUT2D eigenvalue weighted by molar-refractivity contribution is 6.30. The third-order valence-corrected chi connectivity index (χ3v) is 4.79. The number of aromatic nitrogens is 2. The fourth-order valence-corrected chi connectivity index (χ4v) is 3.25. The van der Waals surface area contributed by atoms with Gasteiger partial charge in [-0.1, -0.05) is 23.7 Å². The molecule has 1 aromatic carbocycles. The number of anilines is 1. The summed E-state index contributed by atoms with van der Waals surface area (Å²) in [4.78, 5) is 11.5. The van der Waals surface area contributed by atoms with Crippen LogP contribution in [0.4, 0.5) is 5.82 Å². The molecule has 1 saturated carbocycles. The molecule has 2 atom stereocenters. The molecule has 2 unspecified atom stereocenters. The molecular weight excluding hydrogens is 310 g/mol. The van der Waals surface area contributed by atoms with Crippen molar-refractivity contribution in [2.24, 2.45) is 0 Å². The largest absolute Gasteiger partial charge is 0.370 e. The maximum atomic E-state index is 6.12. The fraction of sp³-hybridized carbons (Fsp3) is 0.444. The van der Waals surface area contributed by atoms with Crippen molar-refractivity contribution in [1.29, 1.82) is 0 Å². The van der Waals surface area contributed by atoms with Crippen molar-refractivity contribution in [1.82, 2.24) is 9.97 Å². The molecule has 5 heteroatoms. The molecule has 4 rings (SSSR count). The normalized spacial score (nSPS) is 24.7. The molecule has 2 heterocycles. The Kier molecular flexibility index (Phi) is 3.95. The number of ether oxygens (including phenoxy) is 1. The second-order valence-electron chi connectivity index (χ2n) is 6.43. The first-order chi connectivity index (χ1) is 11.2. The van der Waals surface area contributed by atoms with Crippen LogP contribution in [-0.2, 0) is 4.74 Å². The fourth-order valence-electron chi connectivity index (χ4n) is 3.05. The van der Waals surface area contributed by atoms with E-state index in [9.17, 15) is 0 Å². The molecule has 23 heavy (non-hydrogen) atoms. The van der Waals surface area contributed by atoms with Gasteiger partial charge in [-0.3, -0.25) is 0 Å². The van der Waals surface area contributed by atoms with Crippen molar-refractivity contribution in [2.45, 2.75) is 37.8 Å². The highest BCUT2D eigenvalue weighted by atomic mass is 35.5. The molecule has 2 aliphatic rings. The van der Waals surface area contributed by atoms with E-state index in [0.29, 0.717) is 18.6 Å². The molecule has 4 nitrogen and oxygen atoms in total. The van der Waals surface area contributed by atoms with E-state index in [1.54, 1.807) is 0 Å². The molecule has 120 valence electrons. The zero-order chi connectivity index (χ0) is 15.8. The summed E-state index contributed by atoms with van der Waals surface area (Å²) in [5, 5.41) is 0.745. The Bertz CT molecular complexity index is 704. The minimum absolute atomic E-state index is 0.0178. The molecule has 1 saturated heterocycles. The molecule has 1 aliphatic carbocycles. The predicted molar refractivity (Wildman–Crippen MR) is 91.0 cm³/mol. The van der Waals surface area contributed by atoms with Gasteiger partial charge in [0.25, 0.3) is 0 Å². The van der Waals surface area contributed by atoms with Crippen LogP contribution < -0.4 is 4.90 Å². The first-order valence-electron chi connectivity index (χ1n) is 8.17. The van der Waals surface area contributed by atoms with E-state index in [-0.39, 0.29) is 6.10 Å². The van der Waals surface area contributed by atoms with Crippen LogP contribution in [0.15, 0.2) is 36.5 Å². The Morgan fingerprint density at radius 3 is 2.91 bits per heavy atom. The minimum Gasteiger partial charge on any atom is -0.370 e. The number of nitrogens with zero attached hydrogens (tertiary/aromatic N) is 3. The summed E-state index contributed by atoms with van der Waals surface area (Å²) in [7, 11) is 0. The average molecular weight is 330 g/mol. The van der Waals surface area contributed by atoms with Gasteiger partial charge in [-0.25, -0.2) is 9.97 Å². The monoisotopic (exact) mass is 329 g/mol. The SMILES string of the molecule is CC1COC(c2cccc(Cl)c2)CN1c1ccnc(C2CC2)n1. The van der Waals surface area contributed by atoms with E-state index in [1.807, 2.05) is 30.5 Å². The molecular formula is C18H20ClN3O. The lowest BCUT2D eigenvalue weighted by molar-refractivity contribution is 0.0212. The summed E-state index contributed by atoms with van der Waals surface area (Å²) in [6, 6.07) is 10.2. The van der Waals surface area contributed by atoms with Gasteiger partial charge in [-0.15, -0.1) is 0 Å². The van der Waals surface area contributed by atoms with Crippen molar-refractivity contribution in [3.63, 3.8) is 0 Å². The Morgan fingerprint density at radius 1 is 1.26 bits per heavy atom. The van der Waals surface area contributed by atoms with Crippen molar-refractivity contribution in [3.8, 4) is 0 Å². The van der Waals surface area contributed by atoms with Crippen LogP contribution in [0.25, 0.3) is 0 Å². The molecule has 0 bridgehead atoms. The maximum Gasteiger partial charge on any atom is 0.133 e. The van der Waals surface area contributed by atoms with Crippen LogP contribution in [-0.4, -0.2) is 29.2 Å². The van der Waals surface area contributed by atoms with Crippen LogP contribution in [0, 0.1) is 0 Å². The zero-order valence-electron chi connectivity index (χ0n) is 13.2. The molecule has 0 spiro atoms. The quantitative estimate of drug-likeness (QED) is 0.854. The Balaban J connectivity index is 1.58. The van der Waals surface area contributed by atoms with Crippen molar-refractivity contribution in [2.75, 3.05) is 18.1 Å². The molecule has 0 N–H and O–H groups in total. The number of morpholine rings is 1. The molecule has 2 fully saturated rings. The highest BCUT2D eigenvalue weighted by Crippen LogP contribution is 2.38. The van der Waals surface area contributed by atoms with Crippen molar-refractivity contribution >= 4 is 17.4 Å². The Morgan fingerprint density at radius 2 is 2.13 bits per heavy atom. The lowest BCUT2D eigenvalue weighted by Gasteiger charge is -2.39. The second kappa shape index (κ2) is 6.10. The molecule has 2 aromatic rings. The predicted octanol–water partition coefficient (Wildman–Crippen LogP) is 3.97. The van der Waals surface area contributed by atoms with Gasteiger partial charge in [0.1, 0.15) is 17.7 Å². The first-order valence-corrected chi connectivity index (χ1v) is 8.55. The van der Waals surface area contributed by atoms with E-state index in [0.717, 1.165) is 28.8 Å². The summed E-state index contributed by atoms with van der Waals surface area (Å²) >= 11 is 6.12. The summed E-state index contributed by atoms with van der Waals surface area (Å²) in [5.74, 6) is 2.56. The number of hydrogen-bond donors (Lipinski definition) is 0. The standard InChI is InChI=1S/C18H20ClN3O/c1-12-11-23-16(14-3-2-4-15(19)9-14)10-22(12)17-7-8-20-18(21-17)13-5-6-13/h2-4,7-9,12-13,16H,5-6,10-11H2,1H3. The first kappa shape index (κ1) is 14.9. The molecule has 1 aliphatic heterocycles. The second-order valence-corrected chi connectivity index (χ2v) is 6.86. The third-order valence-electron chi connectivity index (χ3n) is 4.55. The molecule has 0 radical (unpaired) electrons. The smallest absolute Gasteiger partial charge is 0.133 e. The van der Waals surface area contributed by atoms with E-state index in [2.05, 4.69) is 22.9 Å². The van der Waals surface area contributed by atoms with Crippen LogP contribution in [0.1, 0.15) is 43.2 Å². The van der Waals surface area contributed by atoms with E-state index in [4.69, 9.17) is 21.3 Å². The number of halogens is 1. The zero-order valence-corrected chi connectivity index (χ0v) is 13.9. The van der Waals surface area contributed by atoms with E-state index < -0.39 is 0 Å². The summed E-state index contributed by atoms with van der Waals surface area (Å²) in [6.07, 6.45) is 4.33. The third kappa shape index (κ3) is 3.19. The van der Waals surface area contributed by atoms with Gasteiger partial charge in [-0.2, -0.15) is 0 Å². The van der Waals surface area contributed by atoms with Gasteiger partial charge in [0.2, 0.25) is 0 Å². The number of hydrogen-bond acceptors (Lipinski definition) is 4. The van der Waals surface area contributed by atoms with Gasteiger partial charge in [0.05, 0.1) is 19.2 Å². The van der Waals surface area contributed by atoms with Crippen LogP contribution in [0.2, 0.25) is 5.02 Å². The lowest BCUT2D eigenvalue weighted by atomic mass is 10.1. The van der Waals surface area contributed by atoms with Crippen LogP contribution in [0.5, 0.6) is 0 Å². The van der Waals surface area contributed by atoms with Gasteiger partial charge < -0.3 is 9.64 Å². The van der Waals surface area contributed by atoms with Crippen LogP contribution in [0.3, 0.4) is 0 Å². The average Bonchev–Trinajstić information content (AvgIpc) is 3.40.